The van der Waals surface area contributed by atoms with Crippen molar-refractivity contribution in [3.05, 3.63) is 94.4 Å². The van der Waals surface area contributed by atoms with E-state index in [1.807, 2.05) is 18.2 Å². The van der Waals surface area contributed by atoms with Crippen molar-refractivity contribution < 1.29 is 22.7 Å². The summed E-state index contributed by atoms with van der Waals surface area (Å²) in [5.74, 6) is 0.207. The minimum atomic E-state index is -3.92. The van der Waals surface area contributed by atoms with Crippen molar-refractivity contribution in [2.24, 2.45) is 7.05 Å². The highest BCUT2D eigenvalue weighted by Crippen LogP contribution is 2.31. The summed E-state index contributed by atoms with van der Waals surface area (Å²) in [4.78, 5) is 26.1. The van der Waals surface area contributed by atoms with Crippen LogP contribution in [-0.2, 0) is 17.1 Å². The molecule has 1 N–H and O–H groups in total. The number of amides is 1. The van der Waals surface area contributed by atoms with Gasteiger partial charge in [0.25, 0.3) is 21.5 Å². The standard InChI is InChI=1S/C27H28N4O6S/c1-18-25(27(33)31(29(18)2)21-9-7-6-8-10-21)28-26(32)19-11-13-20(14-12-19)30(3)38(34,35)22-15-16-23(36-4)24(17-22)37-5/h6-17H,1-5H3,(H,28,32). The second-order valence-corrected chi connectivity index (χ2v) is 10.4. The maximum Gasteiger partial charge on any atom is 0.295 e. The Balaban J connectivity index is 1.56. The van der Waals surface area contributed by atoms with Crippen molar-refractivity contribution in [2.75, 3.05) is 30.9 Å². The second-order valence-electron chi connectivity index (χ2n) is 8.43. The number of methoxy groups -OCH3 is 2. The van der Waals surface area contributed by atoms with Crippen LogP contribution in [0.4, 0.5) is 11.4 Å². The Morgan fingerprint density at radius 3 is 2.16 bits per heavy atom. The molecule has 0 aliphatic carbocycles. The van der Waals surface area contributed by atoms with Gasteiger partial charge in [-0.05, 0) is 55.5 Å². The minimum Gasteiger partial charge on any atom is -0.493 e. The molecule has 4 aromatic rings. The van der Waals surface area contributed by atoms with Crippen LogP contribution in [0.15, 0.2) is 82.5 Å². The number of anilines is 2. The summed E-state index contributed by atoms with van der Waals surface area (Å²) in [7, 11) is 2.13. The average Bonchev–Trinajstić information content (AvgIpc) is 3.15. The monoisotopic (exact) mass is 536 g/mol. The number of nitrogens with zero attached hydrogens (tertiary/aromatic N) is 3. The number of para-hydroxylation sites is 1. The van der Waals surface area contributed by atoms with Crippen molar-refractivity contribution in [2.45, 2.75) is 11.8 Å². The first-order chi connectivity index (χ1) is 18.1. The summed E-state index contributed by atoms with van der Waals surface area (Å²) < 4.78 is 41.0. The molecule has 11 heteroatoms. The molecule has 198 valence electrons. The number of ether oxygens (including phenoxy) is 2. The Hall–Kier alpha value is -4.51. The third kappa shape index (κ3) is 4.75. The molecule has 1 amide bonds. The van der Waals surface area contributed by atoms with Gasteiger partial charge in [-0.25, -0.2) is 13.1 Å². The Kier molecular flexibility index (Phi) is 7.31. The number of carbonyl (C=O) groups is 1. The normalized spacial score (nSPS) is 11.2. The number of hydrogen-bond donors (Lipinski definition) is 1. The van der Waals surface area contributed by atoms with E-state index in [1.54, 1.807) is 30.8 Å². The number of nitrogens with one attached hydrogen (secondary N) is 1. The first-order valence-electron chi connectivity index (χ1n) is 11.6. The van der Waals surface area contributed by atoms with Crippen molar-refractivity contribution in [1.29, 1.82) is 0 Å². The molecule has 4 rings (SSSR count). The lowest BCUT2D eigenvalue weighted by atomic mass is 10.2. The highest BCUT2D eigenvalue weighted by molar-refractivity contribution is 7.92. The predicted octanol–water partition coefficient (Wildman–Crippen LogP) is 3.58. The van der Waals surface area contributed by atoms with E-state index in [0.717, 1.165) is 4.31 Å². The molecular weight excluding hydrogens is 508 g/mol. The number of aromatic nitrogens is 2. The van der Waals surface area contributed by atoms with Gasteiger partial charge in [0.1, 0.15) is 5.69 Å². The molecule has 0 saturated heterocycles. The van der Waals surface area contributed by atoms with Crippen LogP contribution < -0.4 is 24.7 Å². The summed E-state index contributed by atoms with van der Waals surface area (Å²) in [6, 6.07) is 19.5. The molecule has 0 bridgehead atoms. The van der Waals surface area contributed by atoms with Crippen LogP contribution in [0.25, 0.3) is 5.69 Å². The molecule has 0 radical (unpaired) electrons. The lowest BCUT2D eigenvalue weighted by Crippen LogP contribution is -2.26. The Morgan fingerprint density at radius 1 is 0.921 bits per heavy atom. The maximum absolute atomic E-state index is 13.2. The lowest BCUT2D eigenvalue weighted by Gasteiger charge is -2.20. The SMILES string of the molecule is COc1ccc(S(=O)(=O)N(C)c2ccc(C(=O)Nc3c(C)n(C)n(-c4ccccc4)c3=O)cc2)cc1OC. The topological polar surface area (TPSA) is 112 Å². The number of sulfonamides is 1. The number of rotatable bonds is 8. The summed E-state index contributed by atoms with van der Waals surface area (Å²) in [5.41, 5.74) is 1.68. The van der Waals surface area contributed by atoms with Crippen molar-refractivity contribution >= 4 is 27.3 Å². The van der Waals surface area contributed by atoms with Gasteiger partial charge in [-0.3, -0.25) is 18.6 Å². The zero-order valence-corrected chi connectivity index (χ0v) is 22.4. The molecule has 0 saturated carbocycles. The van der Waals surface area contributed by atoms with Crippen molar-refractivity contribution in [1.82, 2.24) is 9.36 Å². The van der Waals surface area contributed by atoms with Crippen LogP contribution in [-0.4, -0.2) is 45.0 Å². The smallest absolute Gasteiger partial charge is 0.295 e. The van der Waals surface area contributed by atoms with Gasteiger partial charge in [-0.2, -0.15) is 0 Å². The van der Waals surface area contributed by atoms with Crippen molar-refractivity contribution in [3.8, 4) is 17.2 Å². The van der Waals surface area contributed by atoms with Gasteiger partial charge in [0.05, 0.1) is 36.2 Å². The van der Waals surface area contributed by atoms with Crippen LogP contribution >= 0.6 is 0 Å². The molecule has 38 heavy (non-hydrogen) atoms. The van der Waals surface area contributed by atoms with Crippen LogP contribution in [0.3, 0.4) is 0 Å². The highest BCUT2D eigenvalue weighted by atomic mass is 32.2. The maximum atomic E-state index is 13.2. The van der Waals surface area contributed by atoms with Gasteiger partial charge in [-0.15, -0.1) is 0 Å². The molecule has 0 unspecified atom stereocenters. The fraction of sp³-hybridized carbons (Fsp3) is 0.185. The van der Waals surface area contributed by atoms with Crippen LogP contribution in [0.2, 0.25) is 0 Å². The molecule has 1 aromatic heterocycles. The highest BCUT2D eigenvalue weighted by Gasteiger charge is 2.24. The molecule has 0 spiro atoms. The van der Waals surface area contributed by atoms with Crippen molar-refractivity contribution in [3.63, 3.8) is 0 Å². The molecule has 0 atom stereocenters. The zero-order valence-electron chi connectivity index (χ0n) is 21.6. The third-order valence-electron chi connectivity index (χ3n) is 6.30. The number of benzene rings is 3. The quantitative estimate of drug-likeness (QED) is 0.369. The average molecular weight is 537 g/mol. The molecule has 0 aliphatic heterocycles. The van der Waals surface area contributed by atoms with Crippen LogP contribution in [0, 0.1) is 6.92 Å². The van der Waals surface area contributed by atoms with Gasteiger partial charge in [-0.1, -0.05) is 18.2 Å². The largest absolute Gasteiger partial charge is 0.493 e. The molecule has 0 fully saturated rings. The van der Waals surface area contributed by atoms with Gasteiger partial charge in [0.2, 0.25) is 0 Å². The Bertz CT molecular complexity index is 1640. The van der Waals surface area contributed by atoms with Gasteiger partial charge in [0.15, 0.2) is 11.5 Å². The first kappa shape index (κ1) is 26.6. The summed E-state index contributed by atoms with van der Waals surface area (Å²) in [5, 5.41) is 2.70. The van der Waals surface area contributed by atoms with E-state index >= 15 is 0 Å². The Labute approximate surface area is 220 Å². The molecule has 0 aliphatic rings. The first-order valence-corrected chi connectivity index (χ1v) is 13.0. The summed E-state index contributed by atoms with van der Waals surface area (Å²) in [6.07, 6.45) is 0. The van der Waals surface area contributed by atoms with E-state index in [-0.39, 0.29) is 27.5 Å². The zero-order chi connectivity index (χ0) is 27.6. The minimum absolute atomic E-state index is 0.0220. The van der Waals surface area contributed by atoms with Gasteiger partial charge in [0, 0.05) is 25.7 Å². The van der Waals surface area contributed by atoms with E-state index in [2.05, 4.69) is 5.32 Å². The third-order valence-corrected chi connectivity index (χ3v) is 8.08. The summed E-state index contributed by atoms with van der Waals surface area (Å²) >= 11 is 0. The molecule has 3 aromatic carbocycles. The van der Waals surface area contributed by atoms with E-state index in [4.69, 9.17) is 9.47 Å². The Morgan fingerprint density at radius 2 is 1.55 bits per heavy atom. The second kappa shape index (κ2) is 10.5. The van der Waals surface area contributed by atoms with Crippen LogP contribution in [0.5, 0.6) is 11.5 Å². The number of carbonyl (C=O) groups excluding carboxylic acids is 1. The van der Waals surface area contributed by atoms with E-state index in [1.165, 1.54) is 68.4 Å². The van der Waals surface area contributed by atoms with E-state index in [9.17, 15) is 18.0 Å². The fourth-order valence-electron chi connectivity index (χ4n) is 3.99. The molecule has 10 nitrogen and oxygen atoms in total. The summed E-state index contributed by atoms with van der Waals surface area (Å²) in [6.45, 7) is 1.74. The van der Waals surface area contributed by atoms with Crippen LogP contribution in [0.1, 0.15) is 16.1 Å². The molecule has 1 heterocycles. The number of hydrogen-bond acceptors (Lipinski definition) is 6. The van der Waals surface area contributed by atoms with E-state index in [0.29, 0.717) is 22.8 Å². The predicted molar refractivity (Wildman–Crippen MR) is 145 cm³/mol. The molecular formula is C27H28N4O6S. The van der Waals surface area contributed by atoms with Gasteiger partial charge < -0.3 is 14.8 Å². The lowest BCUT2D eigenvalue weighted by molar-refractivity contribution is 0.102. The van der Waals surface area contributed by atoms with E-state index < -0.39 is 15.9 Å². The van der Waals surface area contributed by atoms with Gasteiger partial charge >= 0.3 is 0 Å². The fourth-order valence-corrected chi connectivity index (χ4v) is 5.21.